The maximum atomic E-state index is 13.1. The molecule has 0 unspecified atom stereocenters. The molecule has 6 nitrogen and oxygen atoms in total. The highest BCUT2D eigenvalue weighted by atomic mass is 16.1. The van der Waals surface area contributed by atoms with E-state index in [4.69, 9.17) is 5.10 Å². The lowest BCUT2D eigenvalue weighted by Gasteiger charge is -2.08. The molecule has 4 rings (SSSR count). The Hall–Kier alpha value is -3.67. The van der Waals surface area contributed by atoms with Crippen molar-refractivity contribution in [2.45, 2.75) is 26.8 Å². The third-order valence-electron chi connectivity index (χ3n) is 5.15. The van der Waals surface area contributed by atoms with Crippen LogP contribution in [0.15, 0.2) is 72.9 Å². The van der Waals surface area contributed by atoms with Gasteiger partial charge in [-0.05, 0) is 38.5 Å². The number of hydrogen-bond acceptors (Lipinski definition) is 3. The van der Waals surface area contributed by atoms with E-state index in [-0.39, 0.29) is 5.91 Å². The molecule has 0 spiro atoms. The minimum absolute atomic E-state index is 0.106. The van der Waals surface area contributed by atoms with Gasteiger partial charge in [-0.1, -0.05) is 48.5 Å². The van der Waals surface area contributed by atoms with Gasteiger partial charge in [-0.15, -0.1) is 0 Å². The number of carbonyl (C=O) groups excluding carboxylic acids is 1. The van der Waals surface area contributed by atoms with Crippen molar-refractivity contribution < 1.29 is 4.79 Å². The molecule has 0 saturated heterocycles. The molecule has 4 aromatic rings. The molecule has 152 valence electrons. The van der Waals surface area contributed by atoms with Gasteiger partial charge in [0.15, 0.2) is 0 Å². The Balaban J connectivity index is 1.58. The molecule has 1 amide bonds. The number of hydrogen-bond donors (Lipinski definition) is 1. The van der Waals surface area contributed by atoms with Crippen molar-refractivity contribution in [2.24, 2.45) is 0 Å². The van der Waals surface area contributed by atoms with Crippen molar-refractivity contribution in [1.29, 1.82) is 0 Å². The Bertz CT molecular complexity index is 1130. The molecule has 0 fully saturated rings. The van der Waals surface area contributed by atoms with E-state index in [2.05, 4.69) is 10.4 Å². The highest BCUT2D eigenvalue weighted by Gasteiger charge is 2.22. The normalized spacial score (nSPS) is 10.9. The summed E-state index contributed by atoms with van der Waals surface area (Å²) in [4.78, 5) is 13.1. The maximum Gasteiger partial charge on any atom is 0.255 e. The predicted octanol–water partition coefficient (Wildman–Crippen LogP) is 4.17. The van der Waals surface area contributed by atoms with Crippen LogP contribution in [0.3, 0.4) is 0 Å². The van der Waals surface area contributed by atoms with Crippen molar-refractivity contribution in [2.75, 3.05) is 6.54 Å². The summed E-state index contributed by atoms with van der Waals surface area (Å²) in [6, 6.07) is 21.7. The van der Waals surface area contributed by atoms with Crippen LogP contribution >= 0.6 is 0 Å². The first-order valence-corrected chi connectivity index (χ1v) is 10.1. The zero-order valence-electron chi connectivity index (χ0n) is 17.2. The molecular formula is C24H25N5O. The Kier molecular flexibility index (Phi) is 5.75. The summed E-state index contributed by atoms with van der Waals surface area (Å²) in [7, 11) is 0. The van der Waals surface area contributed by atoms with E-state index in [1.807, 2.05) is 89.9 Å². The van der Waals surface area contributed by atoms with E-state index < -0.39 is 0 Å². The molecule has 30 heavy (non-hydrogen) atoms. The number of nitrogens with one attached hydrogen (secondary N) is 1. The zero-order chi connectivity index (χ0) is 20.9. The van der Waals surface area contributed by atoms with Gasteiger partial charge in [-0.25, -0.2) is 4.68 Å². The number of rotatable bonds is 7. The van der Waals surface area contributed by atoms with Gasteiger partial charge in [0, 0.05) is 30.5 Å². The summed E-state index contributed by atoms with van der Waals surface area (Å²) in [5.41, 5.74) is 5.10. The first-order chi connectivity index (χ1) is 14.6. The van der Waals surface area contributed by atoms with Gasteiger partial charge in [-0.3, -0.25) is 9.48 Å². The van der Waals surface area contributed by atoms with E-state index >= 15 is 0 Å². The van der Waals surface area contributed by atoms with Crippen LogP contribution in [0.1, 0.15) is 28.2 Å². The summed E-state index contributed by atoms with van der Waals surface area (Å²) < 4.78 is 3.78. The van der Waals surface area contributed by atoms with Gasteiger partial charge in [0.25, 0.3) is 5.91 Å². The summed E-state index contributed by atoms with van der Waals surface area (Å²) in [5, 5.41) is 12.1. The maximum absolute atomic E-state index is 13.1. The quantitative estimate of drug-likeness (QED) is 0.474. The van der Waals surface area contributed by atoms with E-state index in [1.165, 1.54) is 0 Å². The lowest BCUT2D eigenvalue weighted by atomic mass is 10.1. The molecule has 2 aromatic heterocycles. The fraction of sp³-hybridized carbons (Fsp3) is 0.208. The highest BCUT2D eigenvalue weighted by Crippen LogP contribution is 2.27. The fourth-order valence-electron chi connectivity index (χ4n) is 3.54. The smallest absolute Gasteiger partial charge is 0.255 e. The van der Waals surface area contributed by atoms with Crippen molar-refractivity contribution >= 4 is 5.91 Å². The average Bonchev–Trinajstić information content (AvgIpc) is 3.35. The number of benzene rings is 2. The zero-order valence-corrected chi connectivity index (χ0v) is 17.2. The van der Waals surface area contributed by atoms with Gasteiger partial charge >= 0.3 is 0 Å². The second kappa shape index (κ2) is 8.78. The van der Waals surface area contributed by atoms with Crippen LogP contribution < -0.4 is 5.32 Å². The van der Waals surface area contributed by atoms with Crippen LogP contribution in [0.5, 0.6) is 0 Å². The van der Waals surface area contributed by atoms with Gasteiger partial charge in [-0.2, -0.15) is 10.2 Å². The Morgan fingerprint density at radius 3 is 2.33 bits per heavy atom. The second-order valence-corrected chi connectivity index (χ2v) is 7.23. The van der Waals surface area contributed by atoms with Crippen LogP contribution in [-0.4, -0.2) is 32.0 Å². The monoisotopic (exact) mass is 399 g/mol. The van der Waals surface area contributed by atoms with E-state index in [0.717, 1.165) is 35.6 Å². The average molecular weight is 399 g/mol. The van der Waals surface area contributed by atoms with Crippen molar-refractivity contribution in [3.8, 4) is 16.9 Å². The van der Waals surface area contributed by atoms with Gasteiger partial charge < -0.3 is 5.32 Å². The molecule has 0 saturated carbocycles. The third kappa shape index (κ3) is 4.03. The van der Waals surface area contributed by atoms with Crippen LogP contribution in [-0.2, 0) is 6.54 Å². The van der Waals surface area contributed by atoms with E-state index in [1.54, 1.807) is 6.20 Å². The molecule has 0 aliphatic carbocycles. The van der Waals surface area contributed by atoms with Crippen LogP contribution in [0.2, 0.25) is 0 Å². The summed E-state index contributed by atoms with van der Waals surface area (Å²) in [6.07, 6.45) is 2.60. The summed E-state index contributed by atoms with van der Waals surface area (Å²) >= 11 is 0. The predicted molar refractivity (Wildman–Crippen MR) is 118 cm³/mol. The molecular weight excluding hydrogens is 374 g/mol. The molecule has 0 bridgehead atoms. The fourth-order valence-corrected chi connectivity index (χ4v) is 3.54. The number of para-hydroxylation sites is 1. The molecule has 0 radical (unpaired) electrons. The number of aromatic nitrogens is 4. The number of amides is 1. The van der Waals surface area contributed by atoms with Crippen LogP contribution in [0.25, 0.3) is 16.9 Å². The molecule has 0 aliphatic heterocycles. The van der Waals surface area contributed by atoms with E-state index in [9.17, 15) is 4.79 Å². The first kappa shape index (κ1) is 19.6. The standard InChI is InChI=1S/C24H25N5O/c1-18-14-16-26-28(18)17-9-15-25-24(30)22-19(2)29(21-12-7-4-8-13-21)27-23(22)20-10-5-3-6-11-20/h3-8,10-14,16H,9,15,17H2,1-2H3,(H,25,30). The Morgan fingerprint density at radius 2 is 1.67 bits per heavy atom. The highest BCUT2D eigenvalue weighted by molar-refractivity contribution is 6.01. The summed E-state index contributed by atoms with van der Waals surface area (Å²) in [6.45, 7) is 5.31. The van der Waals surface area contributed by atoms with Crippen molar-refractivity contribution in [3.05, 3.63) is 89.9 Å². The number of carbonyl (C=O) groups is 1. The first-order valence-electron chi connectivity index (χ1n) is 10.1. The molecule has 2 aromatic carbocycles. The lowest BCUT2D eigenvalue weighted by molar-refractivity contribution is 0.0952. The van der Waals surface area contributed by atoms with Gasteiger partial charge in [0.05, 0.1) is 16.9 Å². The Morgan fingerprint density at radius 1 is 0.967 bits per heavy atom. The number of aryl methyl sites for hydroxylation is 2. The molecule has 6 heteroatoms. The van der Waals surface area contributed by atoms with Crippen LogP contribution in [0, 0.1) is 13.8 Å². The molecule has 1 N–H and O–H groups in total. The van der Waals surface area contributed by atoms with Crippen molar-refractivity contribution in [1.82, 2.24) is 24.9 Å². The van der Waals surface area contributed by atoms with E-state index in [0.29, 0.717) is 17.8 Å². The SMILES string of the molecule is Cc1ccnn1CCCNC(=O)c1c(-c2ccccc2)nn(-c2ccccc2)c1C. The molecule has 0 aliphatic rings. The largest absolute Gasteiger partial charge is 0.352 e. The van der Waals surface area contributed by atoms with Crippen LogP contribution in [0.4, 0.5) is 0 Å². The number of nitrogens with zero attached hydrogens (tertiary/aromatic N) is 4. The van der Waals surface area contributed by atoms with Crippen molar-refractivity contribution in [3.63, 3.8) is 0 Å². The summed E-state index contributed by atoms with van der Waals surface area (Å²) in [5.74, 6) is -0.106. The van der Waals surface area contributed by atoms with Gasteiger partial charge in [0.2, 0.25) is 0 Å². The van der Waals surface area contributed by atoms with Gasteiger partial charge in [0.1, 0.15) is 5.69 Å². The minimum Gasteiger partial charge on any atom is -0.352 e. The topological polar surface area (TPSA) is 64.7 Å². The Labute approximate surface area is 176 Å². The second-order valence-electron chi connectivity index (χ2n) is 7.23. The molecule has 0 atom stereocenters. The third-order valence-corrected chi connectivity index (χ3v) is 5.15. The lowest BCUT2D eigenvalue weighted by Crippen LogP contribution is -2.26. The minimum atomic E-state index is -0.106. The molecule has 2 heterocycles.